The van der Waals surface area contributed by atoms with Crippen molar-refractivity contribution in [3.8, 4) is 0 Å². The molecule has 2 aromatic heterocycles. The first-order valence-electron chi connectivity index (χ1n) is 9.36. The lowest BCUT2D eigenvalue weighted by molar-refractivity contribution is -0.132. The molecule has 1 fully saturated rings. The third-order valence-electron chi connectivity index (χ3n) is 4.96. The van der Waals surface area contributed by atoms with Crippen LogP contribution in [-0.4, -0.2) is 39.8 Å². The first-order valence-corrected chi connectivity index (χ1v) is 10.2. The van der Waals surface area contributed by atoms with Gasteiger partial charge in [-0.25, -0.2) is 14.2 Å². The lowest BCUT2D eigenvalue weighted by Crippen LogP contribution is -2.29. The molecule has 3 aromatic rings. The third kappa shape index (κ3) is 3.44. The van der Waals surface area contributed by atoms with E-state index >= 15 is 0 Å². The summed E-state index contributed by atoms with van der Waals surface area (Å²) >= 11 is 0.840. The number of carbonyl (C=O) groups is 3. The SMILES string of the molecule is COC(=O)c1sc(N2C(=O)C(=O)/C(=C(/O)c3ccncc3)C2c2ccccc2F)nc1C. The second-order valence-corrected chi connectivity index (χ2v) is 7.81. The van der Waals surface area contributed by atoms with Gasteiger partial charge in [0.05, 0.1) is 18.4 Å². The molecule has 162 valence electrons. The van der Waals surface area contributed by atoms with Crippen LogP contribution in [0.25, 0.3) is 5.76 Å². The lowest BCUT2D eigenvalue weighted by Gasteiger charge is -2.23. The van der Waals surface area contributed by atoms with E-state index < -0.39 is 35.3 Å². The van der Waals surface area contributed by atoms with E-state index in [1.807, 2.05) is 0 Å². The molecule has 4 rings (SSSR count). The van der Waals surface area contributed by atoms with E-state index in [4.69, 9.17) is 4.74 Å². The molecule has 32 heavy (non-hydrogen) atoms. The van der Waals surface area contributed by atoms with Crippen LogP contribution in [0, 0.1) is 12.7 Å². The Labute approximate surface area is 185 Å². The highest BCUT2D eigenvalue weighted by Gasteiger charge is 2.49. The predicted molar refractivity (Wildman–Crippen MR) is 114 cm³/mol. The van der Waals surface area contributed by atoms with Crippen molar-refractivity contribution in [2.45, 2.75) is 13.0 Å². The maximum absolute atomic E-state index is 14.8. The minimum atomic E-state index is -1.29. The van der Waals surface area contributed by atoms with Gasteiger partial charge in [0.25, 0.3) is 5.78 Å². The summed E-state index contributed by atoms with van der Waals surface area (Å²) in [6.07, 6.45) is 2.83. The zero-order valence-electron chi connectivity index (χ0n) is 16.9. The molecule has 1 amide bonds. The maximum atomic E-state index is 14.8. The average molecular weight is 453 g/mol. The summed E-state index contributed by atoms with van der Waals surface area (Å²) in [6.45, 7) is 1.55. The topological polar surface area (TPSA) is 110 Å². The van der Waals surface area contributed by atoms with Crippen LogP contribution in [0.2, 0.25) is 0 Å². The van der Waals surface area contributed by atoms with Crippen LogP contribution in [0.15, 0.2) is 54.4 Å². The highest BCUT2D eigenvalue weighted by molar-refractivity contribution is 7.17. The molecule has 1 unspecified atom stereocenters. The Morgan fingerprint density at radius 1 is 1.19 bits per heavy atom. The molecule has 1 aliphatic rings. The van der Waals surface area contributed by atoms with Crippen molar-refractivity contribution in [1.29, 1.82) is 0 Å². The van der Waals surface area contributed by atoms with Crippen LogP contribution >= 0.6 is 11.3 Å². The number of ether oxygens (including phenoxy) is 1. The summed E-state index contributed by atoms with van der Waals surface area (Å²) in [5.41, 5.74) is 0.235. The summed E-state index contributed by atoms with van der Waals surface area (Å²) in [6, 6.07) is 7.26. The van der Waals surface area contributed by atoms with Crippen molar-refractivity contribution in [3.63, 3.8) is 0 Å². The fraction of sp³-hybridized carbons (Fsp3) is 0.136. The van der Waals surface area contributed by atoms with E-state index in [1.165, 1.54) is 49.8 Å². The molecule has 1 atom stereocenters. The molecule has 0 bridgehead atoms. The molecule has 1 saturated heterocycles. The van der Waals surface area contributed by atoms with Gasteiger partial charge in [0.15, 0.2) is 5.13 Å². The number of halogens is 1. The molecule has 1 N–H and O–H groups in total. The van der Waals surface area contributed by atoms with Crippen molar-refractivity contribution in [2.24, 2.45) is 0 Å². The number of ketones is 1. The number of benzene rings is 1. The van der Waals surface area contributed by atoms with Crippen LogP contribution in [0.1, 0.15) is 32.5 Å². The number of pyridine rings is 1. The number of amides is 1. The van der Waals surface area contributed by atoms with E-state index in [-0.39, 0.29) is 26.7 Å². The Bertz CT molecular complexity index is 1270. The maximum Gasteiger partial charge on any atom is 0.350 e. The summed E-state index contributed by atoms with van der Waals surface area (Å²) in [5, 5.41) is 10.9. The highest BCUT2D eigenvalue weighted by Crippen LogP contribution is 2.44. The van der Waals surface area contributed by atoms with Gasteiger partial charge in [-0.05, 0) is 25.1 Å². The summed E-state index contributed by atoms with van der Waals surface area (Å²) < 4.78 is 19.6. The number of carbonyl (C=O) groups excluding carboxylic acids is 3. The van der Waals surface area contributed by atoms with E-state index in [2.05, 4.69) is 9.97 Å². The zero-order chi connectivity index (χ0) is 23.0. The number of rotatable bonds is 4. The van der Waals surface area contributed by atoms with Gasteiger partial charge in [0, 0.05) is 23.5 Å². The number of esters is 1. The van der Waals surface area contributed by atoms with Crippen molar-refractivity contribution in [2.75, 3.05) is 12.0 Å². The molecule has 1 aromatic carbocycles. The molecule has 0 saturated carbocycles. The van der Waals surface area contributed by atoms with Gasteiger partial charge in [-0.2, -0.15) is 0 Å². The summed E-state index contributed by atoms with van der Waals surface area (Å²) in [5.74, 6) is -3.80. The number of thiazole rings is 1. The van der Waals surface area contributed by atoms with Crippen LogP contribution in [-0.2, 0) is 14.3 Å². The number of aryl methyl sites for hydroxylation is 1. The van der Waals surface area contributed by atoms with Gasteiger partial charge in [0.2, 0.25) is 0 Å². The molecule has 0 radical (unpaired) electrons. The normalized spacial score (nSPS) is 17.6. The number of methoxy groups -OCH3 is 1. The zero-order valence-corrected chi connectivity index (χ0v) is 17.7. The monoisotopic (exact) mass is 453 g/mol. The predicted octanol–water partition coefficient (Wildman–Crippen LogP) is 3.40. The number of aromatic nitrogens is 2. The number of hydrogen-bond donors (Lipinski definition) is 1. The number of nitrogens with zero attached hydrogens (tertiary/aromatic N) is 3. The third-order valence-corrected chi connectivity index (χ3v) is 6.10. The molecule has 8 nitrogen and oxygen atoms in total. The Hall–Kier alpha value is -3.92. The molecule has 10 heteroatoms. The van der Waals surface area contributed by atoms with Crippen LogP contribution < -0.4 is 4.90 Å². The number of hydrogen-bond acceptors (Lipinski definition) is 8. The molecular weight excluding hydrogens is 437 g/mol. The molecule has 1 aliphatic heterocycles. The standard InChI is InChI=1S/C22H16FN3O5S/c1-11-19(21(30)31-2)32-22(25-11)26-16(13-5-3-4-6-14(13)23)15(18(28)20(26)29)17(27)12-7-9-24-10-8-12/h3-10,16,27H,1-2H3/b17-15+. The molecule has 0 spiro atoms. The van der Waals surface area contributed by atoms with E-state index in [1.54, 1.807) is 13.0 Å². The van der Waals surface area contributed by atoms with Crippen molar-refractivity contribution >= 4 is 39.9 Å². The van der Waals surface area contributed by atoms with Crippen LogP contribution in [0.3, 0.4) is 0 Å². The van der Waals surface area contributed by atoms with Crippen molar-refractivity contribution in [3.05, 3.63) is 81.9 Å². The van der Waals surface area contributed by atoms with Crippen molar-refractivity contribution in [1.82, 2.24) is 9.97 Å². The fourth-order valence-electron chi connectivity index (χ4n) is 3.45. The average Bonchev–Trinajstić information content (AvgIpc) is 3.30. The van der Waals surface area contributed by atoms with Gasteiger partial charge in [-0.3, -0.25) is 19.5 Å². The van der Waals surface area contributed by atoms with Crippen LogP contribution in [0.4, 0.5) is 9.52 Å². The van der Waals surface area contributed by atoms with Gasteiger partial charge >= 0.3 is 11.9 Å². The van der Waals surface area contributed by atoms with Gasteiger partial charge in [0.1, 0.15) is 22.5 Å². The Kier molecular flexibility index (Phi) is 5.54. The Morgan fingerprint density at radius 2 is 1.88 bits per heavy atom. The summed E-state index contributed by atoms with van der Waals surface area (Å²) in [7, 11) is 1.21. The first-order chi connectivity index (χ1) is 15.3. The van der Waals surface area contributed by atoms with Gasteiger partial charge < -0.3 is 9.84 Å². The fourth-order valence-corrected chi connectivity index (χ4v) is 4.47. The quantitative estimate of drug-likeness (QED) is 0.279. The lowest BCUT2D eigenvalue weighted by atomic mass is 9.95. The largest absolute Gasteiger partial charge is 0.507 e. The highest BCUT2D eigenvalue weighted by atomic mass is 32.1. The van der Waals surface area contributed by atoms with E-state index in [0.29, 0.717) is 5.69 Å². The second kappa shape index (κ2) is 8.31. The van der Waals surface area contributed by atoms with Crippen molar-refractivity contribution < 1.29 is 28.6 Å². The van der Waals surface area contributed by atoms with E-state index in [9.17, 15) is 23.9 Å². The number of aliphatic hydroxyl groups is 1. The minimum absolute atomic E-state index is 0.00484. The minimum Gasteiger partial charge on any atom is -0.507 e. The van der Waals surface area contributed by atoms with Gasteiger partial charge in [-0.1, -0.05) is 29.5 Å². The smallest absolute Gasteiger partial charge is 0.350 e. The van der Waals surface area contributed by atoms with Crippen LogP contribution in [0.5, 0.6) is 0 Å². The second-order valence-electron chi connectivity index (χ2n) is 6.83. The first kappa shape index (κ1) is 21.3. The Morgan fingerprint density at radius 3 is 2.53 bits per heavy atom. The van der Waals surface area contributed by atoms with E-state index in [0.717, 1.165) is 16.2 Å². The number of Topliss-reactive ketones (excluding diaryl/α,β-unsaturated/α-hetero) is 1. The molecule has 3 heterocycles. The van der Waals surface area contributed by atoms with Gasteiger partial charge in [-0.15, -0.1) is 0 Å². The number of anilines is 1. The Balaban J connectivity index is 1.96. The number of aliphatic hydroxyl groups excluding tert-OH is 1. The summed E-state index contributed by atoms with van der Waals surface area (Å²) in [4.78, 5) is 47.4. The molecule has 0 aliphatic carbocycles. The molecular formula is C22H16FN3O5S.